The van der Waals surface area contributed by atoms with Crippen molar-refractivity contribution >= 4 is 31.7 Å². The second kappa shape index (κ2) is 10.3. The van der Waals surface area contributed by atoms with E-state index in [0.717, 1.165) is 5.56 Å². The van der Waals surface area contributed by atoms with Gasteiger partial charge >= 0.3 is 0 Å². The lowest BCUT2D eigenvalue weighted by molar-refractivity contribution is 0.588. The first-order chi connectivity index (χ1) is 18.6. The lowest BCUT2D eigenvalue weighted by Crippen LogP contribution is -2.16. The molecule has 0 aliphatic heterocycles. The Bertz CT molecular complexity index is 1820. The molecule has 0 saturated heterocycles. The SMILES string of the molecule is Cc1cc(C)nc(NS(=O)(=O)c2ccc(NS(=O)(=O)c3ccc(-c4ncc(-c5ccccc5)o4)cc3)cc2)n1. The molecule has 2 heterocycles. The molecule has 3 aromatic carbocycles. The second-order valence-corrected chi connectivity index (χ2v) is 12.0. The average Bonchev–Trinajstić information content (AvgIpc) is 3.39. The van der Waals surface area contributed by atoms with Gasteiger partial charge in [-0.1, -0.05) is 30.3 Å². The lowest BCUT2D eigenvalue weighted by atomic mass is 10.2. The van der Waals surface area contributed by atoms with Crippen LogP contribution in [-0.4, -0.2) is 31.8 Å². The molecule has 0 saturated carbocycles. The zero-order chi connectivity index (χ0) is 27.6. The van der Waals surface area contributed by atoms with Crippen LogP contribution in [0.25, 0.3) is 22.8 Å². The van der Waals surface area contributed by atoms with Gasteiger partial charge in [-0.25, -0.2) is 36.5 Å². The van der Waals surface area contributed by atoms with Gasteiger partial charge in [-0.15, -0.1) is 0 Å². The van der Waals surface area contributed by atoms with Crippen molar-refractivity contribution in [3.63, 3.8) is 0 Å². The molecular weight excluding hydrogens is 538 g/mol. The Kier molecular flexibility index (Phi) is 6.89. The number of anilines is 2. The van der Waals surface area contributed by atoms with E-state index in [2.05, 4.69) is 24.4 Å². The summed E-state index contributed by atoms with van der Waals surface area (Å²) < 4.78 is 61.9. The van der Waals surface area contributed by atoms with Crippen molar-refractivity contribution in [3.05, 3.63) is 103 Å². The predicted molar refractivity (Wildman–Crippen MR) is 147 cm³/mol. The highest BCUT2D eigenvalue weighted by Gasteiger charge is 2.19. The number of hydrogen-bond donors (Lipinski definition) is 2. The van der Waals surface area contributed by atoms with Gasteiger partial charge in [0.1, 0.15) is 0 Å². The maximum absolute atomic E-state index is 12.9. The molecule has 2 N–H and O–H groups in total. The molecule has 10 nitrogen and oxygen atoms in total. The van der Waals surface area contributed by atoms with Crippen LogP contribution in [-0.2, 0) is 20.0 Å². The Labute approximate surface area is 225 Å². The fraction of sp³-hybridized carbons (Fsp3) is 0.0741. The molecule has 5 aromatic rings. The van der Waals surface area contributed by atoms with Gasteiger partial charge in [0.15, 0.2) is 5.76 Å². The highest BCUT2D eigenvalue weighted by atomic mass is 32.2. The Morgan fingerprint density at radius 2 is 1.23 bits per heavy atom. The minimum atomic E-state index is -3.97. The van der Waals surface area contributed by atoms with Gasteiger partial charge in [0.2, 0.25) is 11.8 Å². The molecule has 5 rings (SSSR count). The molecule has 12 heteroatoms. The van der Waals surface area contributed by atoms with Crippen molar-refractivity contribution in [1.82, 2.24) is 15.0 Å². The fourth-order valence-electron chi connectivity index (χ4n) is 3.79. The van der Waals surface area contributed by atoms with E-state index in [0.29, 0.717) is 28.6 Å². The van der Waals surface area contributed by atoms with Gasteiger partial charge in [0.25, 0.3) is 20.0 Å². The summed E-state index contributed by atoms with van der Waals surface area (Å²) in [6.07, 6.45) is 1.62. The normalized spacial score (nSPS) is 11.7. The highest BCUT2D eigenvalue weighted by Crippen LogP contribution is 2.27. The van der Waals surface area contributed by atoms with Crippen LogP contribution in [0.1, 0.15) is 11.4 Å². The Morgan fingerprint density at radius 1 is 0.667 bits per heavy atom. The van der Waals surface area contributed by atoms with Crippen LogP contribution in [0.5, 0.6) is 0 Å². The summed E-state index contributed by atoms with van der Waals surface area (Å²) >= 11 is 0. The van der Waals surface area contributed by atoms with Crippen LogP contribution < -0.4 is 9.44 Å². The quantitative estimate of drug-likeness (QED) is 0.269. The predicted octanol–water partition coefficient (Wildman–Crippen LogP) is 5.02. The van der Waals surface area contributed by atoms with Crippen LogP contribution in [0.4, 0.5) is 11.6 Å². The van der Waals surface area contributed by atoms with Crippen LogP contribution in [0.3, 0.4) is 0 Å². The molecule has 0 atom stereocenters. The Hall–Kier alpha value is -4.55. The van der Waals surface area contributed by atoms with E-state index in [1.807, 2.05) is 30.3 Å². The molecule has 0 aliphatic rings. The molecule has 0 amide bonds. The van der Waals surface area contributed by atoms with Gasteiger partial charge in [-0.3, -0.25) is 4.72 Å². The number of hydrogen-bond acceptors (Lipinski definition) is 8. The van der Waals surface area contributed by atoms with E-state index in [1.54, 1.807) is 38.2 Å². The number of benzene rings is 3. The highest BCUT2D eigenvalue weighted by molar-refractivity contribution is 7.93. The molecule has 0 spiro atoms. The molecule has 0 bridgehead atoms. The maximum Gasteiger partial charge on any atom is 0.264 e. The van der Waals surface area contributed by atoms with Crippen molar-refractivity contribution in [3.8, 4) is 22.8 Å². The van der Waals surface area contributed by atoms with Gasteiger partial charge in [0, 0.05) is 28.2 Å². The number of nitrogens with one attached hydrogen (secondary N) is 2. The molecule has 0 aliphatic carbocycles. The maximum atomic E-state index is 12.9. The number of oxazole rings is 1. The second-order valence-electron chi connectivity index (χ2n) is 8.63. The van der Waals surface area contributed by atoms with Crippen LogP contribution in [0.15, 0.2) is 105 Å². The van der Waals surface area contributed by atoms with E-state index in [-0.39, 0.29) is 21.4 Å². The molecule has 198 valence electrons. The van der Waals surface area contributed by atoms with Crippen molar-refractivity contribution in [2.45, 2.75) is 23.6 Å². The first-order valence-electron chi connectivity index (χ1n) is 11.7. The fourth-order valence-corrected chi connectivity index (χ4v) is 5.79. The van der Waals surface area contributed by atoms with Gasteiger partial charge in [0.05, 0.1) is 16.0 Å². The standard InChI is InChI=1S/C27H23N5O5S2/c1-18-16-19(2)30-27(29-18)32-39(35,36)24-14-10-22(11-15-24)31-38(33,34)23-12-8-21(9-13-23)26-28-17-25(37-26)20-6-4-3-5-7-20/h3-17,31H,1-2H3,(H,29,30,32). The number of sulfonamides is 2. The summed E-state index contributed by atoms with van der Waals surface area (Å²) in [4.78, 5) is 12.4. The van der Waals surface area contributed by atoms with E-state index >= 15 is 0 Å². The summed E-state index contributed by atoms with van der Waals surface area (Å²) in [6, 6.07) is 22.6. The van der Waals surface area contributed by atoms with Crippen molar-refractivity contribution in [2.75, 3.05) is 9.44 Å². The molecule has 2 aromatic heterocycles. The zero-order valence-corrected chi connectivity index (χ0v) is 22.5. The van der Waals surface area contributed by atoms with E-state index in [4.69, 9.17) is 4.42 Å². The summed E-state index contributed by atoms with van der Waals surface area (Å²) in [6.45, 7) is 3.47. The minimum Gasteiger partial charge on any atom is -0.436 e. The molecule has 0 radical (unpaired) electrons. The van der Waals surface area contributed by atoms with Crippen LogP contribution in [0.2, 0.25) is 0 Å². The van der Waals surface area contributed by atoms with E-state index in [9.17, 15) is 16.8 Å². The van der Waals surface area contributed by atoms with Gasteiger partial charge in [-0.05, 0) is 68.4 Å². The molecule has 0 unspecified atom stereocenters. The summed E-state index contributed by atoms with van der Waals surface area (Å²) in [5.74, 6) is 0.926. The third-order valence-corrected chi connectivity index (χ3v) is 8.34. The smallest absolute Gasteiger partial charge is 0.264 e. The van der Waals surface area contributed by atoms with Gasteiger partial charge < -0.3 is 4.42 Å². The molecular formula is C27H23N5O5S2. The topological polar surface area (TPSA) is 144 Å². The van der Waals surface area contributed by atoms with Crippen molar-refractivity contribution in [2.24, 2.45) is 0 Å². The largest absolute Gasteiger partial charge is 0.436 e. The first-order valence-corrected chi connectivity index (χ1v) is 14.7. The number of aryl methyl sites for hydroxylation is 2. The van der Waals surface area contributed by atoms with Gasteiger partial charge in [-0.2, -0.15) is 0 Å². The third-order valence-electron chi connectivity index (χ3n) is 5.60. The number of rotatable bonds is 8. The molecule has 0 fully saturated rings. The van der Waals surface area contributed by atoms with Crippen LogP contribution in [0, 0.1) is 13.8 Å². The lowest BCUT2D eigenvalue weighted by Gasteiger charge is -2.10. The third kappa shape index (κ3) is 5.97. The minimum absolute atomic E-state index is 0.0198. The average molecular weight is 562 g/mol. The van der Waals surface area contributed by atoms with Crippen molar-refractivity contribution < 1.29 is 21.3 Å². The first kappa shape index (κ1) is 26.1. The summed E-state index contributed by atoms with van der Waals surface area (Å²) in [5.41, 5.74) is 2.94. The van der Waals surface area contributed by atoms with Crippen molar-refractivity contribution in [1.29, 1.82) is 0 Å². The monoisotopic (exact) mass is 561 g/mol. The van der Waals surface area contributed by atoms with E-state index < -0.39 is 20.0 Å². The van der Waals surface area contributed by atoms with E-state index in [1.165, 1.54) is 36.4 Å². The zero-order valence-electron chi connectivity index (χ0n) is 20.9. The molecule has 39 heavy (non-hydrogen) atoms. The van der Waals surface area contributed by atoms with Crippen LogP contribution >= 0.6 is 0 Å². The Morgan fingerprint density at radius 3 is 1.85 bits per heavy atom. The number of nitrogens with zero attached hydrogens (tertiary/aromatic N) is 3. The summed E-state index contributed by atoms with van der Waals surface area (Å²) in [5, 5.41) is 0. The summed E-state index contributed by atoms with van der Waals surface area (Å²) in [7, 11) is -7.92. The Balaban J connectivity index is 1.28. The number of aromatic nitrogens is 3.